The second kappa shape index (κ2) is 7.24. The third-order valence-corrected chi connectivity index (χ3v) is 3.51. The second-order valence-corrected chi connectivity index (χ2v) is 4.81. The first-order valence-corrected chi connectivity index (χ1v) is 6.71. The molecule has 0 unspecified atom stereocenters. The van der Waals surface area contributed by atoms with Crippen LogP contribution >= 0.6 is 0 Å². The molecule has 1 rings (SSSR count). The van der Waals surface area contributed by atoms with Gasteiger partial charge in [-0.1, -0.05) is 26.7 Å². The molecule has 0 heterocycles. The van der Waals surface area contributed by atoms with Crippen molar-refractivity contribution in [3.8, 4) is 0 Å². The van der Waals surface area contributed by atoms with E-state index in [0.717, 1.165) is 6.42 Å². The molecule has 0 aromatic rings. The molecule has 90 valence electrons. The van der Waals surface area contributed by atoms with Gasteiger partial charge in [-0.3, -0.25) is 4.90 Å². The molecular formula is C13H27NO. The molecule has 0 bridgehead atoms. The normalized spacial score (nSPS) is 26.4. The lowest BCUT2D eigenvalue weighted by Gasteiger charge is -2.31. The van der Waals surface area contributed by atoms with Crippen LogP contribution in [-0.2, 0) is 0 Å². The molecule has 1 aliphatic carbocycles. The zero-order chi connectivity index (χ0) is 11.1. The Kier molecular flexibility index (Phi) is 6.26. The molecular weight excluding hydrogens is 186 g/mol. The third kappa shape index (κ3) is 4.12. The Labute approximate surface area is 94.7 Å². The van der Waals surface area contributed by atoms with Gasteiger partial charge in [0.15, 0.2) is 0 Å². The summed E-state index contributed by atoms with van der Waals surface area (Å²) in [6, 6.07) is 0.461. The second-order valence-electron chi connectivity index (χ2n) is 4.81. The van der Waals surface area contributed by atoms with Gasteiger partial charge in [-0.15, -0.1) is 0 Å². The molecule has 0 aromatic carbocycles. The molecule has 0 saturated heterocycles. The highest BCUT2D eigenvalue weighted by Gasteiger charge is 2.29. The van der Waals surface area contributed by atoms with Gasteiger partial charge in [0, 0.05) is 6.04 Å². The van der Waals surface area contributed by atoms with Crippen molar-refractivity contribution in [2.45, 2.75) is 70.9 Å². The van der Waals surface area contributed by atoms with Crippen molar-refractivity contribution in [3.05, 3.63) is 0 Å². The minimum Gasteiger partial charge on any atom is -0.391 e. The fraction of sp³-hybridized carbons (Fsp3) is 1.00. The number of hydrogen-bond acceptors (Lipinski definition) is 2. The third-order valence-electron chi connectivity index (χ3n) is 3.51. The summed E-state index contributed by atoms with van der Waals surface area (Å²) in [5.74, 6) is 0. The number of unbranched alkanes of at least 4 members (excludes halogenated alkanes) is 2. The maximum atomic E-state index is 9.92. The topological polar surface area (TPSA) is 23.5 Å². The van der Waals surface area contributed by atoms with E-state index in [1.54, 1.807) is 0 Å². The number of hydrogen-bond donors (Lipinski definition) is 1. The lowest BCUT2D eigenvalue weighted by Crippen LogP contribution is -2.41. The molecule has 2 atom stereocenters. The fourth-order valence-electron chi connectivity index (χ4n) is 2.51. The van der Waals surface area contributed by atoms with Crippen LogP contribution in [0.4, 0.5) is 0 Å². The number of aliphatic hydroxyl groups excluding tert-OH is 1. The van der Waals surface area contributed by atoms with E-state index in [2.05, 4.69) is 18.7 Å². The monoisotopic (exact) mass is 213 g/mol. The van der Waals surface area contributed by atoms with E-state index in [0.29, 0.717) is 6.04 Å². The summed E-state index contributed by atoms with van der Waals surface area (Å²) in [7, 11) is 0. The Balaban J connectivity index is 2.38. The molecule has 0 radical (unpaired) electrons. The van der Waals surface area contributed by atoms with Crippen molar-refractivity contribution in [3.63, 3.8) is 0 Å². The summed E-state index contributed by atoms with van der Waals surface area (Å²) < 4.78 is 0. The molecule has 0 aromatic heterocycles. The minimum absolute atomic E-state index is 0.0567. The van der Waals surface area contributed by atoms with Gasteiger partial charge in [0.25, 0.3) is 0 Å². The predicted molar refractivity (Wildman–Crippen MR) is 65.0 cm³/mol. The van der Waals surface area contributed by atoms with Crippen molar-refractivity contribution >= 4 is 0 Å². The Morgan fingerprint density at radius 3 is 2.07 bits per heavy atom. The quantitative estimate of drug-likeness (QED) is 0.703. The molecule has 2 heteroatoms. The molecule has 15 heavy (non-hydrogen) atoms. The lowest BCUT2D eigenvalue weighted by molar-refractivity contribution is 0.0687. The summed E-state index contributed by atoms with van der Waals surface area (Å²) in [5, 5.41) is 9.92. The SMILES string of the molecule is CCCCN(CCCC)[C@@H]1CCC[C@H]1O. The van der Waals surface area contributed by atoms with Crippen LogP contribution in [0.5, 0.6) is 0 Å². The van der Waals surface area contributed by atoms with E-state index < -0.39 is 0 Å². The Bertz CT molecular complexity index is 153. The molecule has 2 nitrogen and oxygen atoms in total. The average molecular weight is 213 g/mol. The van der Waals surface area contributed by atoms with Crippen molar-refractivity contribution in [1.82, 2.24) is 4.90 Å². The maximum absolute atomic E-state index is 9.92. The zero-order valence-corrected chi connectivity index (χ0v) is 10.4. The van der Waals surface area contributed by atoms with E-state index in [4.69, 9.17) is 0 Å². The van der Waals surface area contributed by atoms with Crippen LogP contribution in [0, 0.1) is 0 Å². The highest BCUT2D eigenvalue weighted by Crippen LogP contribution is 2.24. The van der Waals surface area contributed by atoms with Gasteiger partial charge in [0.2, 0.25) is 0 Å². The number of rotatable bonds is 7. The average Bonchev–Trinajstić information content (AvgIpc) is 2.65. The first-order valence-electron chi connectivity index (χ1n) is 6.71. The van der Waals surface area contributed by atoms with Gasteiger partial charge in [-0.25, -0.2) is 0 Å². The van der Waals surface area contributed by atoms with Crippen molar-refractivity contribution in [2.24, 2.45) is 0 Å². The van der Waals surface area contributed by atoms with Gasteiger partial charge in [-0.2, -0.15) is 0 Å². The molecule has 1 N–H and O–H groups in total. The van der Waals surface area contributed by atoms with Crippen LogP contribution in [-0.4, -0.2) is 35.2 Å². The van der Waals surface area contributed by atoms with Crippen molar-refractivity contribution in [2.75, 3.05) is 13.1 Å². The standard InChI is InChI=1S/C13H27NO/c1-3-5-10-14(11-6-4-2)12-8-7-9-13(12)15/h12-13,15H,3-11H2,1-2H3/t12-,13-/m1/s1. The van der Waals surface area contributed by atoms with Crippen LogP contribution in [0.3, 0.4) is 0 Å². The summed E-state index contributed by atoms with van der Waals surface area (Å²) in [6.45, 7) is 6.84. The van der Waals surface area contributed by atoms with Crippen LogP contribution in [0.25, 0.3) is 0 Å². The fourth-order valence-corrected chi connectivity index (χ4v) is 2.51. The molecule has 1 aliphatic rings. The first kappa shape index (κ1) is 13.0. The van der Waals surface area contributed by atoms with Gasteiger partial charge in [0.1, 0.15) is 0 Å². The number of nitrogens with zero attached hydrogens (tertiary/aromatic N) is 1. The highest BCUT2D eigenvalue weighted by atomic mass is 16.3. The molecule has 0 spiro atoms. The Morgan fingerprint density at radius 2 is 1.67 bits per heavy atom. The van der Waals surface area contributed by atoms with Crippen LogP contribution in [0.15, 0.2) is 0 Å². The van der Waals surface area contributed by atoms with Gasteiger partial charge in [-0.05, 0) is 45.2 Å². The molecule has 1 fully saturated rings. The summed E-state index contributed by atoms with van der Waals surface area (Å²) in [4.78, 5) is 2.53. The lowest BCUT2D eigenvalue weighted by atomic mass is 10.1. The maximum Gasteiger partial charge on any atom is 0.0695 e. The van der Waals surface area contributed by atoms with Gasteiger partial charge in [0.05, 0.1) is 6.10 Å². The minimum atomic E-state index is -0.0567. The first-order chi connectivity index (χ1) is 7.29. The summed E-state index contributed by atoms with van der Waals surface area (Å²) in [6.07, 6.45) is 8.42. The summed E-state index contributed by atoms with van der Waals surface area (Å²) >= 11 is 0. The van der Waals surface area contributed by atoms with Gasteiger partial charge < -0.3 is 5.11 Å². The highest BCUT2D eigenvalue weighted by molar-refractivity contribution is 4.85. The summed E-state index contributed by atoms with van der Waals surface area (Å²) in [5.41, 5.74) is 0. The molecule has 0 aliphatic heterocycles. The van der Waals surface area contributed by atoms with E-state index >= 15 is 0 Å². The van der Waals surface area contributed by atoms with Crippen LogP contribution in [0.1, 0.15) is 58.8 Å². The van der Waals surface area contributed by atoms with Crippen LogP contribution in [0.2, 0.25) is 0 Å². The van der Waals surface area contributed by atoms with E-state index in [9.17, 15) is 5.11 Å². The van der Waals surface area contributed by atoms with E-state index in [1.165, 1.54) is 51.6 Å². The van der Waals surface area contributed by atoms with E-state index in [1.807, 2.05) is 0 Å². The van der Waals surface area contributed by atoms with Gasteiger partial charge >= 0.3 is 0 Å². The number of aliphatic hydroxyl groups is 1. The van der Waals surface area contributed by atoms with Crippen molar-refractivity contribution < 1.29 is 5.11 Å². The van der Waals surface area contributed by atoms with Crippen molar-refractivity contribution in [1.29, 1.82) is 0 Å². The van der Waals surface area contributed by atoms with E-state index in [-0.39, 0.29) is 6.10 Å². The molecule has 0 amide bonds. The Hall–Kier alpha value is -0.0800. The zero-order valence-electron chi connectivity index (χ0n) is 10.4. The molecule has 1 saturated carbocycles. The Morgan fingerprint density at radius 1 is 1.07 bits per heavy atom. The predicted octanol–water partition coefficient (Wildman–Crippen LogP) is 2.80. The largest absolute Gasteiger partial charge is 0.391 e. The smallest absolute Gasteiger partial charge is 0.0695 e. The van der Waals surface area contributed by atoms with Crippen LogP contribution < -0.4 is 0 Å².